The van der Waals surface area contributed by atoms with Crippen LogP contribution in [0.3, 0.4) is 0 Å². The first kappa shape index (κ1) is 18.3. The number of aromatic nitrogens is 3. The van der Waals surface area contributed by atoms with E-state index in [1.54, 1.807) is 18.2 Å². The van der Waals surface area contributed by atoms with Crippen LogP contribution in [0.25, 0.3) is 32.7 Å². The van der Waals surface area contributed by atoms with Crippen molar-refractivity contribution in [3.05, 3.63) is 90.2 Å². The largest absolute Gasteiger partial charge is 0.354 e. The van der Waals surface area contributed by atoms with Crippen LogP contribution < -0.4 is 16.3 Å². The zero-order valence-electron chi connectivity index (χ0n) is 16.0. The van der Waals surface area contributed by atoms with Crippen LogP contribution >= 0.6 is 7.92 Å². The summed E-state index contributed by atoms with van der Waals surface area (Å²) in [5, 5.41) is 2.31. The summed E-state index contributed by atoms with van der Waals surface area (Å²) < 4.78 is 41.3. The van der Waals surface area contributed by atoms with Crippen molar-refractivity contribution in [1.82, 2.24) is 15.0 Å². The number of H-pyrrole nitrogens is 3. The Morgan fingerprint density at radius 3 is 1.10 bits per heavy atom. The number of rotatable bonds is 3. The summed E-state index contributed by atoms with van der Waals surface area (Å²) in [7, 11) is -1.15. The molecule has 0 aliphatic heterocycles. The van der Waals surface area contributed by atoms with Gasteiger partial charge in [-0.05, 0) is 72.8 Å². The minimum absolute atomic E-state index is 0.301. The van der Waals surface area contributed by atoms with Gasteiger partial charge in [-0.15, -0.1) is 0 Å². The lowest BCUT2D eigenvalue weighted by molar-refractivity contribution is 0.629. The Labute approximate surface area is 175 Å². The van der Waals surface area contributed by atoms with E-state index in [0.717, 1.165) is 49.0 Å². The quantitative estimate of drug-likeness (QED) is 0.317. The van der Waals surface area contributed by atoms with E-state index in [9.17, 15) is 13.2 Å². The molecule has 3 nitrogen and oxygen atoms in total. The molecule has 3 aromatic carbocycles. The minimum atomic E-state index is -1.15. The van der Waals surface area contributed by atoms with E-state index >= 15 is 0 Å². The molecule has 0 radical (unpaired) electrons. The van der Waals surface area contributed by atoms with Gasteiger partial charge in [0.1, 0.15) is 17.5 Å². The van der Waals surface area contributed by atoms with Gasteiger partial charge in [-0.3, -0.25) is 0 Å². The van der Waals surface area contributed by atoms with E-state index in [2.05, 4.69) is 15.0 Å². The summed E-state index contributed by atoms with van der Waals surface area (Å²) in [6.07, 6.45) is 0. The molecule has 0 spiro atoms. The van der Waals surface area contributed by atoms with Crippen molar-refractivity contribution in [2.24, 2.45) is 0 Å². The minimum Gasteiger partial charge on any atom is -0.354 e. The van der Waals surface area contributed by atoms with Gasteiger partial charge in [-0.1, -0.05) is 0 Å². The van der Waals surface area contributed by atoms with E-state index in [-0.39, 0.29) is 17.5 Å². The molecule has 7 heteroatoms. The normalized spacial score (nSPS) is 12.0. The summed E-state index contributed by atoms with van der Waals surface area (Å²) in [5.41, 5.74) is 5.17. The highest BCUT2D eigenvalue weighted by Crippen LogP contribution is 2.35. The topological polar surface area (TPSA) is 47.4 Å². The molecule has 152 valence electrons. The Kier molecular flexibility index (Phi) is 3.99. The lowest BCUT2D eigenvalue weighted by Crippen LogP contribution is -2.22. The molecule has 0 fully saturated rings. The lowest BCUT2D eigenvalue weighted by Gasteiger charge is -2.13. The number of hydrogen-bond donors (Lipinski definition) is 3. The van der Waals surface area contributed by atoms with Gasteiger partial charge < -0.3 is 15.0 Å². The van der Waals surface area contributed by atoms with Gasteiger partial charge in [0.2, 0.25) is 0 Å². The highest BCUT2D eigenvalue weighted by molar-refractivity contribution is 7.79. The Balaban J connectivity index is 1.59. The standard InChI is InChI=1S/C24H15F3N3P/c25-16-1-4-19-13(7-16)10-22(28-19)31(23-11-14-8-17(26)2-5-20(14)29-23)24-12-15-9-18(27)3-6-21(15)30-24/h1-12,28-30H. The molecule has 3 heterocycles. The number of hydrogen-bond acceptors (Lipinski definition) is 0. The van der Waals surface area contributed by atoms with E-state index in [0.29, 0.717) is 0 Å². The fourth-order valence-electron chi connectivity index (χ4n) is 4.02. The summed E-state index contributed by atoms with van der Waals surface area (Å²) in [5.74, 6) is -0.904. The molecule has 0 aliphatic carbocycles. The zero-order valence-corrected chi connectivity index (χ0v) is 16.9. The molecule has 3 aromatic heterocycles. The first-order chi connectivity index (χ1) is 15.0. The van der Waals surface area contributed by atoms with Crippen molar-refractivity contribution in [2.45, 2.75) is 0 Å². The molecule has 6 aromatic rings. The molecule has 0 saturated carbocycles. The molecule has 3 N–H and O–H groups in total. The highest BCUT2D eigenvalue weighted by Gasteiger charge is 2.23. The third-order valence-electron chi connectivity index (χ3n) is 5.43. The number of halogens is 3. The third kappa shape index (κ3) is 3.11. The number of benzene rings is 3. The molecule has 0 atom stereocenters. The van der Waals surface area contributed by atoms with E-state index in [1.807, 2.05) is 18.2 Å². The summed E-state index contributed by atoms with van der Waals surface area (Å²) in [6.45, 7) is 0. The van der Waals surface area contributed by atoms with Crippen molar-refractivity contribution in [3.63, 3.8) is 0 Å². The third-order valence-corrected chi connectivity index (χ3v) is 7.60. The molecule has 0 aliphatic rings. The fourth-order valence-corrected chi connectivity index (χ4v) is 6.30. The second-order valence-electron chi connectivity index (χ2n) is 7.49. The second-order valence-corrected chi connectivity index (χ2v) is 9.61. The van der Waals surface area contributed by atoms with Crippen molar-refractivity contribution >= 4 is 56.9 Å². The van der Waals surface area contributed by atoms with E-state index in [4.69, 9.17) is 0 Å². The van der Waals surface area contributed by atoms with Gasteiger partial charge in [0.15, 0.2) is 0 Å². The second kappa shape index (κ2) is 6.76. The van der Waals surface area contributed by atoms with Gasteiger partial charge >= 0.3 is 0 Å². The molecule has 0 amide bonds. The van der Waals surface area contributed by atoms with Crippen molar-refractivity contribution in [1.29, 1.82) is 0 Å². The van der Waals surface area contributed by atoms with Gasteiger partial charge in [-0.25, -0.2) is 13.2 Å². The number of fused-ring (bicyclic) bond motifs is 3. The zero-order chi connectivity index (χ0) is 21.1. The van der Waals surface area contributed by atoms with Gasteiger partial charge in [0, 0.05) is 40.6 Å². The predicted octanol–water partition coefficient (Wildman–Crippen LogP) is 5.31. The van der Waals surface area contributed by atoms with Crippen molar-refractivity contribution < 1.29 is 13.2 Å². The summed E-state index contributed by atoms with van der Waals surface area (Å²) >= 11 is 0. The van der Waals surface area contributed by atoms with Gasteiger partial charge in [0.25, 0.3) is 0 Å². The van der Waals surface area contributed by atoms with Crippen LogP contribution in [0.1, 0.15) is 0 Å². The smallest absolute Gasteiger partial charge is 0.123 e. The number of aromatic amines is 3. The SMILES string of the molecule is Fc1ccc2[nH]c(P(c3cc4cc(F)ccc4[nH]3)c3cc4cc(F)ccc4[nH]3)cc2c1. The average molecular weight is 433 g/mol. The number of nitrogens with one attached hydrogen (secondary N) is 3. The Bertz CT molecular complexity index is 1400. The predicted molar refractivity (Wildman–Crippen MR) is 121 cm³/mol. The first-order valence-corrected chi connectivity index (χ1v) is 11.0. The van der Waals surface area contributed by atoms with Crippen molar-refractivity contribution in [2.75, 3.05) is 0 Å². The molecule has 0 saturated heterocycles. The fraction of sp³-hybridized carbons (Fsp3) is 0. The maximum absolute atomic E-state index is 13.8. The Morgan fingerprint density at radius 2 is 0.774 bits per heavy atom. The van der Waals surface area contributed by atoms with Crippen LogP contribution in [0.5, 0.6) is 0 Å². The monoisotopic (exact) mass is 433 g/mol. The van der Waals surface area contributed by atoms with E-state index < -0.39 is 7.92 Å². The lowest BCUT2D eigenvalue weighted by atomic mass is 10.2. The summed E-state index contributed by atoms with van der Waals surface area (Å²) in [6, 6.07) is 19.7. The van der Waals surface area contributed by atoms with Crippen LogP contribution in [-0.4, -0.2) is 15.0 Å². The first-order valence-electron chi connectivity index (χ1n) is 9.68. The Hall–Kier alpha value is -3.50. The molecular formula is C24H15F3N3P. The highest BCUT2D eigenvalue weighted by atomic mass is 31.1. The van der Waals surface area contributed by atoms with Crippen LogP contribution in [0, 0.1) is 17.5 Å². The van der Waals surface area contributed by atoms with Gasteiger partial charge in [-0.2, -0.15) is 0 Å². The Morgan fingerprint density at radius 1 is 0.452 bits per heavy atom. The maximum atomic E-state index is 13.8. The molecule has 0 bridgehead atoms. The molecule has 0 unspecified atom stereocenters. The van der Waals surface area contributed by atoms with Crippen LogP contribution in [0.2, 0.25) is 0 Å². The molecule has 31 heavy (non-hydrogen) atoms. The van der Waals surface area contributed by atoms with Crippen LogP contribution in [0.4, 0.5) is 13.2 Å². The molecule has 6 rings (SSSR count). The van der Waals surface area contributed by atoms with Gasteiger partial charge in [0.05, 0.1) is 16.3 Å². The molecular weight excluding hydrogens is 418 g/mol. The summed E-state index contributed by atoms with van der Waals surface area (Å²) in [4.78, 5) is 10.2. The van der Waals surface area contributed by atoms with E-state index in [1.165, 1.54) is 36.4 Å². The van der Waals surface area contributed by atoms with Crippen LogP contribution in [0.15, 0.2) is 72.8 Å². The maximum Gasteiger partial charge on any atom is 0.123 e. The van der Waals surface area contributed by atoms with Crippen LogP contribution in [-0.2, 0) is 0 Å². The average Bonchev–Trinajstić information content (AvgIpc) is 3.43. The van der Waals surface area contributed by atoms with Crippen molar-refractivity contribution in [3.8, 4) is 0 Å².